The number of nitrogens with zero attached hydrogens (tertiary/aromatic N) is 1. The Labute approximate surface area is 139 Å². The van der Waals surface area contributed by atoms with Crippen LogP contribution in [-0.2, 0) is 11.2 Å². The number of oxazole rings is 1. The van der Waals surface area contributed by atoms with Crippen LogP contribution in [-0.4, -0.2) is 10.9 Å². The summed E-state index contributed by atoms with van der Waals surface area (Å²) in [5.41, 5.74) is 3.12. The molecule has 0 radical (unpaired) electrons. The van der Waals surface area contributed by atoms with E-state index < -0.39 is 0 Å². The fourth-order valence-corrected chi connectivity index (χ4v) is 2.36. The highest BCUT2D eigenvalue weighted by Crippen LogP contribution is 2.21. The third kappa shape index (κ3) is 3.79. The van der Waals surface area contributed by atoms with E-state index >= 15 is 0 Å². The van der Waals surface area contributed by atoms with Crippen molar-refractivity contribution < 1.29 is 9.21 Å². The maximum Gasteiger partial charge on any atom is 0.230 e. The maximum absolute atomic E-state index is 12.2. The largest absolute Gasteiger partial charge is 0.444 e. The van der Waals surface area contributed by atoms with Crippen molar-refractivity contribution >= 4 is 23.2 Å². The van der Waals surface area contributed by atoms with Crippen molar-refractivity contribution in [1.29, 1.82) is 0 Å². The van der Waals surface area contributed by atoms with Crippen LogP contribution in [0.25, 0.3) is 11.5 Å². The minimum absolute atomic E-state index is 0.141. The number of hydrogen-bond donors (Lipinski definition) is 1. The fourth-order valence-electron chi connectivity index (χ4n) is 2.19. The van der Waals surface area contributed by atoms with E-state index in [0.29, 0.717) is 22.3 Å². The minimum atomic E-state index is -0.164. The van der Waals surface area contributed by atoms with Gasteiger partial charge in [0.25, 0.3) is 0 Å². The number of aryl methyl sites for hydroxylation is 1. The lowest BCUT2D eigenvalue weighted by Crippen LogP contribution is -2.15. The van der Waals surface area contributed by atoms with Gasteiger partial charge < -0.3 is 9.73 Å². The smallest absolute Gasteiger partial charge is 0.230 e. The van der Waals surface area contributed by atoms with E-state index in [1.165, 1.54) is 6.26 Å². The van der Waals surface area contributed by atoms with E-state index in [9.17, 15) is 4.79 Å². The third-order valence-corrected chi connectivity index (χ3v) is 3.62. The highest BCUT2D eigenvalue weighted by Gasteiger charge is 2.11. The Morgan fingerprint density at radius 2 is 2.00 bits per heavy atom. The van der Waals surface area contributed by atoms with E-state index in [1.54, 1.807) is 12.1 Å². The molecule has 2 aromatic carbocycles. The average Bonchev–Trinajstić information content (AvgIpc) is 3.00. The first-order chi connectivity index (χ1) is 11.1. The molecule has 0 fully saturated rings. The van der Waals surface area contributed by atoms with Gasteiger partial charge in [0.15, 0.2) is 0 Å². The molecule has 116 valence electrons. The molecular formula is C18H15ClN2O2. The SMILES string of the molecule is Cc1ccc(Cl)cc1NC(=O)Cc1coc(-c2ccccc2)n1. The molecule has 3 aromatic rings. The van der Waals surface area contributed by atoms with Gasteiger partial charge in [0.05, 0.1) is 12.1 Å². The molecule has 1 amide bonds. The summed E-state index contributed by atoms with van der Waals surface area (Å²) in [6.45, 7) is 1.91. The van der Waals surface area contributed by atoms with Crippen molar-refractivity contribution in [3.05, 3.63) is 71.1 Å². The van der Waals surface area contributed by atoms with E-state index in [4.69, 9.17) is 16.0 Å². The van der Waals surface area contributed by atoms with E-state index in [-0.39, 0.29) is 12.3 Å². The average molecular weight is 327 g/mol. The fraction of sp³-hybridized carbons (Fsp3) is 0.111. The van der Waals surface area contributed by atoms with Crippen LogP contribution in [0.1, 0.15) is 11.3 Å². The molecule has 0 atom stereocenters. The molecule has 0 aliphatic rings. The van der Waals surface area contributed by atoms with Crippen LogP contribution < -0.4 is 5.32 Å². The molecule has 0 aliphatic carbocycles. The topological polar surface area (TPSA) is 55.1 Å². The number of hydrogen-bond acceptors (Lipinski definition) is 3. The Bertz CT molecular complexity index is 828. The minimum Gasteiger partial charge on any atom is -0.444 e. The van der Waals surface area contributed by atoms with Crippen LogP contribution in [0.5, 0.6) is 0 Å². The lowest BCUT2D eigenvalue weighted by Gasteiger charge is -2.07. The van der Waals surface area contributed by atoms with Gasteiger partial charge >= 0.3 is 0 Å². The standard InChI is InChI=1S/C18H15ClN2O2/c1-12-7-8-14(19)9-16(12)21-17(22)10-15-11-23-18(20-15)13-5-3-2-4-6-13/h2-9,11H,10H2,1H3,(H,21,22). The van der Waals surface area contributed by atoms with Crippen LogP contribution in [0.2, 0.25) is 5.02 Å². The Balaban J connectivity index is 1.69. The highest BCUT2D eigenvalue weighted by atomic mass is 35.5. The number of carbonyl (C=O) groups is 1. The number of aromatic nitrogens is 1. The molecular weight excluding hydrogens is 312 g/mol. The molecule has 0 unspecified atom stereocenters. The van der Waals surface area contributed by atoms with Gasteiger partial charge in [-0.15, -0.1) is 0 Å². The molecule has 4 nitrogen and oxygen atoms in total. The maximum atomic E-state index is 12.2. The van der Waals surface area contributed by atoms with E-state index in [1.807, 2.05) is 43.3 Å². The normalized spacial score (nSPS) is 10.5. The monoisotopic (exact) mass is 326 g/mol. The number of halogens is 1. The number of nitrogens with one attached hydrogen (secondary N) is 1. The molecule has 0 aliphatic heterocycles. The molecule has 0 saturated carbocycles. The molecule has 5 heteroatoms. The van der Waals surface area contributed by atoms with Gasteiger partial charge in [-0.3, -0.25) is 4.79 Å². The van der Waals surface area contributed by atoms with Crippen molar-refractivity contribution in [3.63, 3.8) is 0 Å². The van der Waals surface area contributed by atoms with E-state index in [2.05, 4.69) is 10.3 Å². The summed E-state index contributed by atoms with van der Waals surface area (Å²) in [6, 6.07) is 14.9. The summed E-state index contributed by atoms with van der Waals surface area (Å²) in [5.74, 6) is 0.343. The van der Waals surface area contributed by atoms with Crippen molar-refractivity contribution in [2.24, 2.45) is 0 Å². The molecule has 0 saturated heterocycles. The number of benzene rings is 2. The molecule has 3 rings (SSSR count). The van der Waals surface area contributed by atoms with Crippen LogP contribution >= 0.6 is 11.6 Å². The van der Waals surface area contributed by atoms with Gasteiger partial charge in [-0.05, 0) is 36.8 Å². The first kappa shape index (κ1) is 15.3. The number of amides is 1. The zero-order valence-electron chi connectivity index (χ0n) is 12.5. The zero-order valence-corrected chi connectivity index (χ0v) is 13.3. The summed E-state index contributed by atoms with van der Waals surface area (Å²) in [7, 11) is 0. The number of carbonyl (C=O) groups excluding carboxylic acids is 1. The first-order valence-corrected chi connectivity index (χ1v) is 7.55. The zero-order chi connectivity index (χ0) is 16.2. The van der Waals surface area contributed by atoms with Crippen molar-refractivity contribution in [2.45, 2.75) is 13.3 Å². The van der Waals surface area contributed by atoms with Crippen LogP contribution in [0.15, 0.2) is 59.2 Å². The van der Waals surface area contributed by atoms with Crippen LogP contribution in [0.4, 0.5) is 5.69 Å². The molecule has 0 spiro atoms. The van der Waals surface area contributed by atoms with Crippen molar-refractivity contribution in [1.82, 2.24) is 4.98 Å². The summed E-state index contributed by atoms with van der Waals surface area (Å²) >= 11 is 5.95. The number of rotatable bonds is 4. The molecule has 1 heterocycles. The second-order valence-electron chi connectivity index (χ2n) is 5.19. The van der Waals surface area contributed by atoms with Gasteiger partial charge in [-0.2, -0.15) is 0 Å². The second kappa shape index (κ2) is 6.67. The van der Waals surface area contributed by atoms with Gasteiger partial charge in [0, 0.05) is 16.3 Å². The Kier molecular flexibility index (Phi) is 4.44. The van der Waals surface area contributed by atoms with Crippen molar-refractivity contribution in [3.8, 4) is 11.5 Å². The van der Waals surface area contributed by atoms with Gasteiger partial charge in [-0.25, -0.2) is 4.98 Å². The number of anilines is 1. The van der Waals surface area contributed by atoms with Gasteiger partial charge in [0.2, 0.25) is 11.8 Å². The summed E-state index contributed by atoms with van der Waals surface area (Å²) in [4.78, 5) is 16.5. The predicted octanol–water partition coefficient (Wildman–Crippen LogP) is 4.48. The van der Waals surface area contributed by atoms with Gasteiger partial charge in [0.1, 0.15) is 6.26 Å². The Morgan fingerprint density at radius 3 is 2.78 bits per heavy atom. The lowest BCUT2D eigenvalue weighted by molar-refractivity contribution is -0.115. The predicted molar refractivity (Wildman–Crippen MR) is 90.5 cm³/mol. The van der Waals surface area contributed by atoms with Crippen LogP contribution in [0, 0.1) is 6.92 Å². The Morgan fingerprint density at radius 1 is 1.22 bits per heavy atom. The summed E-state index contributed by atoms with van der Waals surface area (Å²) < 4.78 is 5.43. The second-order valence-corrected chi connectivity index (χ2v) is 5.63. The quantitative estimate of drug-likeness (QED) is 0.768. The first-order valence-electron chi connectivity index (χ1n) is 7.17. The summed E-state index contributed by atoms with van der Waals surface area (Å²) in [6.07, 6.45) is 1.65. The third-order valence-electron chi connectivity index (χ3n) is 3.39. The molecule has 0 bridgehead atoms. The van der Waals surface area contributed by atoms with Gasteiger partial charge in [-0.1, -0.05) is 35.9 Å². The highest BCUT2D eigenvalue weighted by molar-refractivity contribution is 6.31. The molecule has 1 aromatic heterocycles. The molecule has 23 heavy (non-hydrogen) atoms. The summed E-state index contributed by atoms with van der Waals surface area (Å²) in [5, 5.41) is 3.43. The lowest BCUT2D eigenvalue weighted by atomic mass is 10.2. The molecule has 1 N–H and O–H groups in total. The van der Waals surface area contributed by atoms with Crippen LogP contribution in [0.3, 0.4) is 0 Å². The van der Waals surface area contributed by atoms with E-state index in [0.717, 1.165) is 11.1 Å². The van der Waals surface area contributed by atoms with Crippen molar-refractivity contribution in [2.75, 3.05) is 5.32 Å². The Hall–Kier alpha value is -2.59.